The molecule has 1 saturated heterocycles. The summed E-state index contributed by atoms with van der Waals surface area (Å²) in [5.41, 5.74) is 1.51. The summed E-state index contributed by atoms with van der Waals surface area (Å²) in [4.78, 5) is 22.0. The number of carbonyl (C=O) groups is 2. The van der Waals surface area contributed by atoms with E-state index in [1.807, 2.05) is 0 Å². The van der Waals surface area contributed by atoms with Crippen LogP contribution in [0.3, 0.4) is 0 Å². The number of imide groups is 1. The smallest absolute Gasteiger partial charge is 0.303 e. The van der Waals surface area contributed by atoms with Gasteiger partial charge in [0.1, 0.15) is 5.70 Å². The van der Waals surface area contributed by atoms with Gasteiger partial charge in [-0.3, -0.25) is 10.1 Å². The lowest BCUT2D eigenvalue weighted by Crippen LogP contribution is -2.22. The van der Waals surface area contributed by atoms with Gasteiger partial charge in [0.25, 0.3) is 5.91 Å². The Morgan fingerprint density at radius 1 is 1.21 bits per heavy atom. The molecule has 3 amide bonds. The van der Waals surface area contributed by atoms with Crippen LogP contribution in [0, 0.1) is 0 Å². The molecule has 0 bridgehead atoms. The summed E-state index contributed by atoms with van der Waals surface area (Å²) in [6.07, 6.45) is 8.31. The lowest BCUT2D eigenvalue weighted by atomic mass is 9.99. The minimum Gasteiger partial charge on any atom is -0.303 e. The van der Waals surface area contributed by atoms with Crippen molar-refractivity contribution in [3.05, 3.63) is 23.4 Å². The van der Waals surface area contributed by atoms with Crippen molar-refractivity contribution in [2.75, 3.05) is 0 Å². The Morgan fingerprint density at radius 2 is 2.07 bits per heavy atom. The van der Waals surface area contributed by atoms with Gasteiger partial charge in [0.15, 0.2) is 0 Å². The topological polar surface area (TPSA) is 58.2 Å². The second-order valence-corrected chi connectivity index (χ2v) is 3.49. The van der Waals surface area contributed by atoms with Crippen molar-refractivity contribution in [3.8, 4) is 0 Å². The molecule has 1 aliphatic carbocycles. The number of carbonyl (C=O) groups excluding carboxylic acids is 2. The highest BCUT2D eigenvalue weighted by atomic mass is 16.2. The number of hydrogen-bond acceptors (Lipinski definition) is 2. The molecule has 0 saturated carbocycles. The van der Waals surface area contributed by atoms with Gasteiger partial charge in [0, 0.05) is 0 Å². The monoisotopic (exact) mass is 192 g/mol. The van der Waals surface area contributed by atoms with Gasteiger partial charge in [-0.1, -0.05) is 6.08 Å². The van der Waals surface area contributed by atoms with E-state index in [1.165, 1.54) is 6.42 Å². The Bertz CT molecular complexity index is 342. The van der Waals surface area contributed by atoms with Gasteiger partial charge in [-0.05, 0) is 37.3 Å². The molecule has 0 spiro atoms. The molecule has 0 aromatic carbocycles. The minimum atomic E-state index is -0.433. The third kappa shape index (κ3) is 1.84. The predicted octanol–water partition coefficient (Wildman–Crippen LogP) is 1.21. The van der Waals surface area contributed by atoms with E-state index in [0.717, 1.165) is 24.8 Å². The molecule has 2 N–H and O–H groups in total. The van der Waals surface area contributed by atoms with Crippen molar-refractivity contribution in [1.82, 2.24) is 10.6 Å². The maximum atomic E-state index is 11.2. The molecule has 0 unspecified atom stereocenters. The fourth-order valence-electron chi connectivity index (χ4n) is 1.66. The van der Waals surface area contributed by atoms with Crippen LogP contribution in [0.1, 0.15) is 25.7 Å². The minimum absolute atomic E-state index is 0.332. The number of urea groups is 1. The van der Waals surface area contributed by atoms with Crippen molar-refractivity contribution < 1.29 is 9.59 Å². The van der Waals surface area contributed by atoms with E-state index < -0.39 is 6.03 Å². The third-order valence-corrected chi connectivity index (χ3v) is 2.38. The molecule has 2 rings (SSSR count). The summed E-state index contributed by atoms with van der Waals surface area (Å²) in [6, 6.07) is -0.433. The van der Waals surface area contributed by atoms with E-state index in [9.17, 15) is 9.59 Å². The number of hydrogen-bond donors (Lipinski definition) is 2. The summed E-state index contributed by atoms with van der Waals surface area (Å²) < 4.78 is 0. The standard InChI is InChI=1S/C10H12N2O2/c13-9-8(11-10(14)12-9)6-7-4-2-1-3-5-7/h4,6H,1-3,5H2,(H2,11,12,13,14)/b8-6+. The second kappa shape index (κ2) is 3.65. The molecule has 74 valence electrons. The van der Waals surface area contributed by atoms with Gasteiger partial charge in [-0.25, -0.2) is 4.79 Å². The Balaban J connectivity index is 2.13. The van der Waals surface area contributed by atoms with Crippen LogP contribution < -0.4 is 10.6 Å². The molecular weight excluding hydrogens is 180 g/mol. The largest absolute Gasteiger partial charge is 0.326 e. The fraction of sp³-hybridized carbons (Fsp3) is 0.400. The Hall–Kier alpha value is -1.58. The lowest BCUT2D eigenvalue weighted by molar-refractivity contribution is -0.115. The van der Waals surface area contributed by atoms with Crippen molar-refractivity contribution in [2.24, 2.45) is 0 Å². The maximum absolute atomic E-state index is 11.2. The molecule has 0 atom stereocenters. The molecule has 2 aliphatic rings. The molecule has 0 aromatic rings. The molecule has 1 heterocycles. The molecular formula is C10H12N2O2. The van der Waals surface area contributed by atoms with Gasteiger partial charge in [-0.2, -0.15) is 0 Å². The maximum Gasteiger partial charge on any atom is 0.326 e. The van der Waals surface area contributed by atoms with Crippen molar-refractivity contribution in [3.63, 3.8) is 0 Å². The Morgan fingerprint density at radius 3 is 2.64 bits per heavy atom. The first-order valence-corrected chi connectivity index (χ1v) is 4.79. The average molecular weight is 192 g/mol. The van der Waals surface area contributed by atoms with Crippen LogP contribution in [0.25, 0.3) is 0 Å². The van der Waals surface area contributed by atoms with Gasteiger partial charge in [-0.15, -0.1) is 0 Å². The van der Waals surface area contributed by atoms with Crippen LogP contribution in [0.15, 0.2) is 23.4 Å². The van der Waals surface area contributed by atoms with Crippen LogP contribution in [-0.4, -0.2) is 11.9 Å². The summed E-state index contributed by atoms with van der Waals surface area (Å²) >= 11 is 0. The average Bonchev–Trinajstić information content (AvgIpc) is 2.47. The zero-order chi connectivity index (χ0) is 9.97. The van der Waals surface area contributed by atoms with E-state index in [-0.39, 0.29) is 5.91 Å². The van der Waals surface area contributed by atoms with Crippen LogP contribution in [-0.2, 0) is 4.79 Å². The molecule has 1 fully saturated rings. The third-order valence-electron chi connectivity index (χ3n) is 2.38. The first-order valence-electron chi connectivity index (χ1n) is 4.79. The predicted molar refractivity (Wildman–Crippen MR) is 51.3 cm³/mol. The molecule has 4 nitrogen and oxygen atoms in total. The fourth-order valence-corrected chi connectivity index (χ4v) is 1.66. The van der Waals surface area contributed by atoms with E-state index in [1.54, 1.807) is 6.08 Å². The van der Waals surface area contributed by atoms with E-state index in [4.69, 9.17) is 0 Å². The quantitative estimate of drug-likeness (QED) is 0.484. The summed E-state index contributed by atoms with van der Waals surface area (Å²) in [6.45, 7) is 0. The molecule has 0 radical (unpaired) electrons. The SMILES string of the molecule is O=C1NC(=O)/C(=C\C2=CCCCC2)N1. The highest BCUT2D eigenvalue weighted by molar-refractivity contribution is 6.11. The zero-order valence-corrected chi connectivity index (χ0v) is 7.80. The molecule has 14 heavy (non-hydrogen) atoms. The van der Waals surface area contributed by atoms with Gasteiger partial charge in [0.2, 0.25) is 0 Å². The molecule has 4 heteroatoms. The van der Waals surface area contributed by atoms with E-state index in [2.05, 4.69) is 16.7 Å². The zero-order valence-electron chi connectivity index (χ0n) is 7.80. The van der Waals surface area contributed by atoms with Crippen molar-refractivity contribution >= 4 is 11.9 Å². The van der Waals surface area contributed by atoms with Crippen LogP contribution in [0.4, 0.5) is 4.79 Å². The van der Waals surface area contributed by atoms with Crippen LogP contribution in [0.5, 0.6) is 0 Å². The van der Waals surface area contributed by atoms with Gasteiger partial charge < -0.3 is 5.32 Å². The normalized spacial score (nSPS) is 24.6. The highest BCUT2D eigenvalue weighted by Gasteiger charge is 2.22. The van der Waals surface area contributed by atoms with Crippen LogP contribution >= 0.6 is 0 Å². The van der Waals surface area contributed by atoms with Crippen molar-refractivity contribution in [2.45, 2.75) is 25.7 Å². The highest BCUT2D eigenvalue weighted by Crippen LogP contribution is 2.19. The number of amides is 3. The number of rotatable bonds is 1. The molecule has 0 aromatic heterocycles. The van der Waals surface area contributed by atoms with Crippen molar-refractivity contribution in [1.29, 1.82) is 0 Å². The number of nitrogens with one attached hydrogen (secondary N) is 2. The Kier molecular flexibility index (Phi) is 2.35. The lowest BCUT2D eigenvalue weighted by Gasteiger charge is -2.08. The first-order chi connectivity index (χ1) is 6.75. The Labute approximate surface area is 82.1 Å². The van der Waals surface area contributed by atoms with Gasteiger partial charge in [0.05, 0.1) is 0 Å². The van der Waals surface area contributed by atoms with E-state index >= 15 is 0 Å². The summed E-state index contributed by atoms with van der Waals surface area (Å²) in [7, 11) is 0. The van der Waals surface area contributed by atoms with Gasteiger partial charge >= 0.3 is 6.03 Å². The molecule has 1 aliphatic heterocycles. The first kappa shape index (κ1) is 8.99. The second-order valence-electron chi connectivity index (χ2n) is 3.49. The summed E-state index contributed by atoms with van der Waals surface area (Å²) in [5, 5.41) is 4.64. The summed E-state index contributed by atoms with van der Waals surface area (Å²) in [5.74, 6) is -0.332. The van der Waals surface area contributed by atoms with Crippen LogP contribution in [0.2, 0.25) is 0 Å². The van der Waals surface area contributed by atoms with E-state index in [0.29, 0.717) is 5.70 Å². The number of allylic oxidation sites excluding steroid dienone is 3.